The summed E-state index contributed by atoms with van der Waals surface area (Å²) in [4.78, 5) is 5.09. The second-order valence-corrected chi connectivity index (χ2v) is 10.0. The summed E-state index contributed by atoms with van der Waals surface area (Å²) >= 11 is 0. The molecule has 0 atom stereocenters. The van der Waals surface area contributed by atoms with Gasteiger partial charge in [0.25, 0.3) is 0 Å². The van der Waals surface area contributed by atoms with Crippen LogP contribution >= 0.6 is 0 Å². The van der Waals surface area contributed by atoms with Gasteiger partial charge in [0.2, 0.25) is 0 Å². The predicted molar refractivity (Wildman–Crippen MR) is 172 cm³/mol. The quantitative estimate of drug-likeness (QED) is 0.208. The van der Waals surface area contributed by atoms with Gasteiger partial charge in [0, 0.05) is 11.3 Å². The fourth-order valence-electron chi connectivity index (χ4n) is 5.96. The predicted octanol–water partition coefficient (Wildman–Crippen LogP) is 10.3. The first-order valence-corrected chi connectivity index (χ1v) is 13.6. The van der Waals surface area contributed by atoms with Crippen molar-refractivity contribution in [3.8, 4) is 39.3 Å². The van der Waals surface area contributed by atoms with Crippen molar-refractivity contribution in [2.24, 2.45) is 0 Å². The van der Waals surface area contributed by atoms with Crippen LogP contribution in [0, 0.1) is 0 Å². The zero-order valence-electron chi connectivity index (χ0n) is 27.0. The molecule has 1 heterocycles. The highest BCUT2D eigenvalue weighted by Crippen LogP contribution is 2.44. The fourth-order valence-corrected chi connectivity index (χ4v) is 5.96. The van der Waals surface area contributed by atoms with Gasteiger partial charge >= 0.3 is 0 Å². The monoisotopic (exact) mass is 527 g/mol. The molecule has 0 saturated carbocycles. The first-order chi connectivity index (χ1) is 22.4. The summed E-state index contributed by atoms with van der Waals surface area (Å²) in [7, 11) is 0. The summed E-state index contributed by atoms with van der Waals surface area (Å²) < 4.78 is 44.8. The average Bonchev–Trinajstić information content (AvgIpc) is 3.50. The Hall–Kier alpha value is -5.47. The molecule has 0 amide bonds. The highest BCUT2D eigenvalue weighted by molar-refractivity contribution is 6.21. The maximum atomic E-state index is 8.82. The van der Waals surface area contributed by atoms with Crippen LogP contribution in [0.1, 0.15) is 6.85 Å². The van der Waals surface area contributed by atoms with Crippen LogP contribution in [0.15, 0.2) is 158 Å². The van der Waals surface area contributed by atoms with Gasteiger partial charge in [-0.1, -0.05) is 127 Å². The Morgan fingerprint density at radius 3 is 1.73 bits per heavy atom. The Bertz CT molecular complexity index is 2400. The number of hydrogen-bond donors (Lipinski definition) is 0. The normalized spacial score (nSPS) is 13.1. The molecule has 0 spiro atoms. The Labute approximate surface area is 245 Å². The van der Waals surface area contributed by atoms with Gasteiger partial charge in [0.1, 0.15) is 5.82 Å². The van der Waals surface area contributed by atoms with Crippen LogP contribution in [0.25, 0.3) is 71.9 Å². The number of rotatable bonds is 4. The van der Waals surface area contributed by atoms with Gasteiger partial charge in [0.05, 0.1) is 17.9 Å². The number of fused-ring (bicyclic) bond motifs is 3. The molecule has 8 rings (SSSR count). The smallest absolute Gasteiger partial charge is 0.145 e. The number of benzene rings is 7. The molecule has 0 saturated heterocycles. The van der Waals surface area contributed by atoms with Gasteiger partial charge in [-0.25, -0.2) is 4.98 Å². The lowest BCUT2D eigenvalue weighted by Gasteiger charge is -2.18. The molecule has 0 fully saturated rings. The molecule has 0 N–H and O–H groups in total. The van der Waals surface area contributed by atoms with E-state index in [0.29, 0.717) is 5.56 Å². The SMILES string of the molecule is [2H]c1c([2H])c([2H])c(-c2c3ccccc3c(-c3cccc(-c4nc5ccccc5n4-c4ccccc4)c3)c3ccccc23)c([2H])c1[2H]. The highest BCUT2D eigenvalue weighted by atomic mass is 15.1. The van der Waals surface area contributed by atoms with E-state index in [9.17, 15) is 0 Å². The Morgan fingerprint density at radius 1 is 0.488 bits per heavy atom. The van der Waals surface area contributed by atoms with Crippen molar-refractivity contribution in [2.45, 2.75) is 0 Å². The fraction of sp³-hybridized carbons (Fsp3) is 0. The van der Waals surface area contributed by atoms with Crippen LogP contribution in [-0.2, 0) is 0 Å². The summed E-state index contributed by atoms with van der Waals surface area (Å²) in [5.41, 5.74) is 6.74. The van der Waals surface area contributed by atoms with E-state index in [1.807, 2.05) is 91.0 Å². The van der Waals surface area contributed by atoms with E-state index in [1.165, 1.54) is 0 Å². The number of hydrogen-bond acceptors (Lipinski definition) is 1. The zero-order valence-corrected chi connectivity index (χ0v) is 22.0. The lowest BCUT2D eigenvalue weighted by Crippen LogP contribution is -1.97. The standard InChI is InChI=1S/C39H26N2/c1-3-14-27(15-4-1)37-31-20-7-9-22-33(31)38(34-23-10-8-21-32(34)37)28-16-13-17-29(26-28)39-40-35-24-11-12-25-36(35)41(39)30-18-5-2-6-19-30/h1-26H/i1D,3D,4D,14D,15D. The van der Waals surface area contributed by atoms with Crippen molar-refractivity contribution in [3.05, 3.63) is 158 Å². The topological polar surface area (TPSA) is 17.8 Å². The van der Waals surface area contributed by atoms with Crippen molar-refractivity contribution in [2.75, 3.05) is 0 Å². The van der Waals surface area contributed by atoms with E-state index >= 15 is 0 Å². The molecule has 8 aromatic rings. The lowest BCUT2D eigenvalue weighted by atomic mass is 9.86. The Balaban J connectivity index is 1.43. The van der Waals surface area contributed by atoms with Crippen molar-refractivity contribution < 1.29 is 6.85 Å². The number of nitrogens with zero attached hydrogens (tertiary/aromatic N) is 2. The summed E-state index contributed by atoms with van der Waals surface area (Å²) in [6, 6.07) is 41.1. The molecule has 41 heavy (non-hydrogen) atoms. The largest absolute Gasteiger partial charge is 0.292 e. The molecule has 7 aromatic carbocycles. The maximum Gasteiger partial charge on any atom is 0.145 e. The Morgan fingerprint density at radius 2 is 1.05 bits per heavy atom. The third-order valence-electron chi connectivity index (χ3n) is 7.67. The van der Waals surface area contributed by atoms with Gasteiger partial charge in [-0.2, -0.15) is 0 Å². The molecule has 192 valence electrons. The van der Waals surface area contributed by atoms with Crippen LogP contribution in [0.3, 0.4) is 0 Å². The van der Waals surface area contributed by atoms with Crippen molar-refractivity contribution in [1.82, 2.24) is 9.55 Å². The molecule has 0 aliphatic carbocycles. The summed E-state index contributed by atoms with van der Waals surface area (Å²) in [6.45, 7) is 0. The molecule has 1 aromatic heterocycles. The van der Waals surface area contributed by atoms with Crippen LogP contribution in [-0.4, -0.2) is 9.55 Å². The van der Waals surface area contributed by atoms with Crippen molar-refractivity contribution in [1.29, 1.82) is 0 Å². The maximum absolute atomic E-state index is 8.82. The van der Waals surface area contributed by atoms with E-state index in [0.717, 1.165) is 60.8 Å². The lowest BCUT2D eigenvalue weighted by molar-refractivity contribution is 1.10. The number of para-hydroxylation sites is 3. The molecular formula is C39H26N2. The molecule has 2 heteroatoms. The summed E-state index contributed by atoms with van der Waals surface area (Å²) in [6.07, 6.45) is 0. The third-order valence-corrected chi connectivity index (χ3v) is 7.67. The van der Waals surface area contributed by atoms with E-state index < -0.39 is 6.04 Å². The van der Waals surface area contributed by atoms with Gasteiger partial charge in [0.15, 0.2) is 0 Å². The van der Waals surface area contributed by atoms with Gasteiger partial charge in [-0.05, 0) is 74.1 Å². The molecule has 0 aliphatic heterocycles. The second-order valence-electron chi connectivity index (χ2n) is 10.0. The van der Waals surface area contributed by atoms with Crippen LogP contribution in [0.4, 0.5) is 0 Å². The van der Waals surface area contributed by atoms with Crippen LogP contribution in [0.2, 0.25) is 0 Å². The Kier molecular flexibility index (Phi) is 4.40. The summed E-state index contributed by atoms with van der Waals surface area (Å²) in [5, 5.41) is 3.49. The molecule has 0 bridgehead atoms. The van der Waals surface area contributed by atoms with E-state index in [-0.39, 0.29) is 29.7 Å². The first-order valence-electron chi connectivity index (χ1n) is 16.1. The minimum Gasteiger partial charge on any atom is -0.292 e. The molecular weight excluding hydrogens is 496 g/mol. The minimum atomic E-state index is -0.401. The number of imidazole rings is 1. The molecule has 2 nitrogen and oxygen atoms in total. The van der Waals surface area contributed by atoms with Crippen LogP contribution < -0.4 is 0 Å². The van der Waals surface area contributed by atoms with E-state index in [4.69, 9.17) is 11.8 Å². The van der Waals surface area contributed by atoms with E-state index in [1.54, 1.807) is 0 Å². The zero-order chi connectivity index (χ0) is 31.5. The first kappa shape index (κ1) is 18.8. The third kappa shape index (κ3) is 3.84. The molecule has 0 radical (unpaired) electrons. The van der Waals surface area contributed by atoms with E-state index in [2.05, 4.69) is 41.0 Å². The average molecular weight is 528 g/mol. The van der Waals surface area contributed by atoms with Gasteiger partial charge < -0.3 is 0 Å². The molecule has 0 aliphatic rings. The highest BCUT2D eigenvalue weighted by Gasteiger charge is 2.18. The van der Waals surface area contributed by atoms with Crippen LogP contribution in [0.5, 0.6) is 0 Å². The second kappa shape index (κ2) is 9.62. The van der Waals surface area contributed by atoms with Gasteiger partial charge in [-0.15, -0.1) is 0 Å². The summed E-state index contributed by atoms with van der Waals surface area (Å²) in [5.74, 6) is 0.832. The minimum absolute atomic E-state index is 0.204. The number of aromatic nitrogens is 2. The molecule has 0 unspecified atom stereocenters. The van der Waals surface area contributed by atoms with Crippen molar-refractivity contribution >= 4 is 32.6 Å². The van der Waals surface area contributed by atoms with Gasteiger partial charge in [-0.3, -0.25) is 4.57 Å². The van der Waals surface area contributed by atoms with Crippen molar-refractivity contribution in [3.63, 3.8) is 0 Å².